The molecule has 0 radical (unpaired) electrons. The SMILES string of the molecule is CCC(NN)c1ccc2cc(Br)ccc2c1. The summed E-state index contributed by atoms with van der Waals surface area (Å²) in [5.74, 6) is 5.53. The molecule has 0 aliphatic carbocycles. The Labute approximate surface area is 104 Å². The highest BCUT2D eigenvalue weighted by Gasteiger charge is 2.07. The van der Waals surface area contributed by atoms with Crippen molar-refractivity contribution in [1.29, 1.82) is 0 Å². The molecule has 0 spiro atoms. The Morgan fingerprint density at radius 1 is 1.19 bits per heavy atom. The van der Waals surface area contributed by atoms with Crippen molar-refractivity contribution in [3.05, 3.63) is 46.4 Å². The van der Waals surface area contributed by atoms with E-state index in [4.69, 9.17) is 5.84 Å². The molecule has 84 valence electrons. The largest absolute Gasteiger partial charge is 0.271 e. The number of nitrogens with two attached hydrogens (primary N) is 1. The van der Waals surface area contributed by atoms with Crippen LogP contribution < -0.4 is 11.3 Å². The summed E-state index contributed by atoms with van der Waals surface area (Å²) in [6.45, 7) is 2.12. The Morgan fingerprint density at radius 2 is 1.88 bits per heavy atom. The zero-order valence-electron chi connectivity index (χ0n) is 9.20. The molecular formula is C13H15BrN2. The third kappa shape index (κ3) is 2.26. The fourth-order valence-electron chi connectivity index (χ4n) is 1.90. The van der Waals surface area contributed by atoms with E-state index in [1.807, 2.05) is 0 Å². The molecule has 0 amide bonds. The van der Waals surface area contributed by atoms with Crippen LogP contribution in [0.5, 0.6) is 0 Å². The van der Waals surface area contributed by atoms with Gasteiger partial charge < -0.3 is 0 Å². The number of halogens is 1. The van der Waals surface area contributed by atoms with E-state index in [9.17, 15) is 0 Å². The van der Waals surface area contributed by atoms with E-state index >= 15 is 0 Å². The summed E-state index contributed by atoms with van der Waals surface area (Å²) in [7, 11) is 0. The van der Waals surface area contributed by atoms with E-state index in [0.717, 1.165) is 10.9 Å². The van der Waals surface area contributed by atoms with Gasteiger partial charge in [-0.2, -0.15) is 0 Å². The van der Waals surface area contributed by atoms with E-state index in [1.165, 1.54) is 16.3 Å². The number of hydrazine groups is 1. The van der Waals surface area contributed by atoms with Crippen LogP contribution in [0.3, 0.4) is 0 Å². The van der Waals surface area contributed by atoms with Crippen LogP contribution in [0.25, 0.3) is 10.8 Å². The Balaban J connectivity index is 2.47. The van der Waals surface area contributed by atoms with Crippen molar-refractivity contribution in [2.75, 3.05) is 0 Å². The number of rotatable bonds is 3. The van der Waals surface area contributed by atoms with E-state index < -0.39 is 0 Å². The van der Waals surface area contributed by atoms with Crippen LogP contribution in [0.2, 0.25) is 0 Å². The average Bonchev–Trinajstić information content (AvgIpc) is 2.31. The van der Waals surface area contributed by atoms with E-state index in [-0.39, 0.29) is 6.04 Å². The Kier molecular flexibility index (Phi) is 3.59. The van der Waals surface area contributed by atoms with Crippen LogP contribution in [0, 0.1) is 0 Å². The van der Waals surface area contributed by atoms with Gasteiger partial charge in [0.2, 0.25) is 0 Å². The molecule has 0 saturated carbocycles. The maximum Gasteiger partial charge on any atom is 0.0457 e. The topological polar surface area (TPSA) is 38.0 Å². The van der Waals surface area contributed by atoms with Crippen molar-refractivity contribution < 1.29 is 0 Å². The minimum atomic E-state index is 0.230. The first-order valence-electron chi connectivity index (χ1n) is 5.40. The molecule has 0 saturated heterocycles. The third-order valence-corrected chi connectivity index (χ3v) is 3.33. The molecule has 0 fully saturated rings. The Hall–Kier alpha value is -0.900. The van der Waals surface area contributed by atoms with Crippen molar-refractivity contribution >= 4 is 26.7 Å². The summed E-state index contributed by atoms with van der Waals surface area (Å²) in [6.07, 6.45) is 0.985. The summed E-state index contributed by atoms with van der Waals surface area (Å²) in [4.78, 5) is 0. The highest BCUT2D eigenvalue weighted by molar-refractivity contribution is 9.10. The normalized spacial score (nSPS) is 12.9. The second kappa shape index (κ2) is 4.95. The maximum absolute atomic E-state index is 5.53. The molecule has 0 heterocycles. The van der Waals surface area contributed by atoms with Gasteiger partial charge in [-0.15, -0.1) is 0 Å². The van der Waals surface area contributed by atoms with Gasteiger partial charge in [-0.25, -0.2) is 0 Å². The minimum absolute atomic E-state index is 0.230. The van der Waals surface area contributed by atoms with Gasteiger partial charge >= 0.3 is 0 Å². The van der Waals surface area contributed by atoms with Crippen LogP contribution >= 0.6 is 15.9 Å². The van der Waals surface area contributed by atoms with Crippen LogP contribution in [-0.2, 0) is 0 Å². The predicted octanol–water partition coefficient (Wildman–Crippen LogP) is 3.52. The summed E-state index contributed by atoms with van der Waals surface area (Å²) < 4.78 is 1.11. The van der Waals surface area contributed by atoms with Gasteiger partial charge in [-0.3, -0.25) is 11.3 Å². The minimum Gasteiger partial charge on any atom is -0.271 e. The van der Waals surface area contributed by atoms with Gasteiger partial charge in [-0.05, 0) is 41.0 Å². The fraction of sp³-hybridized carbons (Fsp3) is 0.231. The summed E-state index contributed by atoms with van der Waals surface area (Å²) in [6, 6.07) is 13.0. The molecule has 3 heteroatoms. The molecule has 2 nitrogen and oxygen atoms in total. The lowest BCUT2D eigenvalue weighted by Crippen LogP contribution is -2.27. The molecule has 0 aliphatic heterocycles. The molecule has 0 bridgehead atoms. The molecular weight excluding hydrogens is 264 g/mol. The summed E-state index contributed by atoms with van der Waals surface area (Å²) in [5, 5.41) is 2.49. The second-order valence-corrected chi connectivity index (χ2v) is 4.79. The Bertz CT molecular complexity index is 492. The predicted molar refractivity (Wildman–Crippen MR) is 72.0 cm³/mol. The van der Waals surface area contributed by atoms with Gasteiger partial charge in [0.25, 0.3) is 0 Å². The standard InChI is InChI=1S/C13H15BrN2/c1-2-13(16-15)11-4-3-10-8-12(14)6-5-9(10)7-11/h3-8,13,16H,2,15H2,1H3. The van der Waals surface area contributed by atoms with Crippen molar-refractivity contribution in [2.24, 2.45) is 5.84 Å². The molecule has 16 heavy (non-hydrogen) atoms. The van der Waals surface area contributed by atoms with Crippen LogP contribution in [0.15, 0.2) is 40.9 Å². The lowest BCUT2D eigenvalue weighted by molar-refractivity contribution is 0.539. The number of fused-ring (bicyclic) bond motifs is 1. The lowest BCUT2D eigenvalue weighted by atomic mass is 10.0. The molecule has 2 aromatic rings. The maximum atomic E-state index is 5.53. The number of benzene rings is 2. The smallest absolute Gasteiger partial charge is 0.0457 e. The van der Waals surface area contributed by atoms with Gasteiger partial charge in [0.1, 0.15) is 0 Å². The third-order valence-electron chi connectivity index (χ3n) is 2.84. The van der Waals surface area contributed by atoms with Crippen molar-refractivity contribution in [2.45, 2.75) is 19.4 Å². The molecule has 2 aromatic carbocycles. The summed E-state index contributed by atoms with van der Waals surface area (Å²) >= 11 is 3.47. The monoisotopic (exact) mass is 278 g/mol. The van der Waals surface area contributed by atoms with E-state index in [1.54, 1.807) is 0 Å². The lowest BCUT2D eigenvalue weighted by Gasteiger charge is -2.14. The van der Waals surface area contributed by atoms with Crippen LogP contribution in [0.1, 0.15) is 24.9 Å². The molecule has 1 atom stereocenters. The average molecular weight is 279 g/mol. The molecule has 2 rings (SSSR count). The van der Waals surface area contributed by atoms with Gasteiger partial charge in [-0.1, -0.05) is 41.1 Å². The van der Waals surface area contributed by atoms with Gasteiger partial charge in [0.05, 0.1) is 0 Å². The van der Waals surface area contributed by atoms with Gasteiger partial charge in [0.15, 0.2) is 0 Å². The quantitative estimate of drug-likeness (QED) is 0.666. The van der Waals surface area contributed by atoms with Crippen molar-refractivity contribution in [3.8, 4) is 0 Å². The molecule has 0 aromatic heterocycles. The number of hydrogen-bond donors (Lipinski definition) is 2. The van der Waals surface area contributed by atoms with Crippen molar-refractivity contribution in [3.63, 3.8) is 0 Å². The zero-order chi connectivity index (χ0) is 11.5. The highest BCUT2D eigenvalue weighted by Crippen LogP contribution is 2.24. The van der Waals surface area contributed by atoms with Gasteiger partial charge in [0, 0.05) is 10.5 Å². The molecule has 3 N–H and O–H groups in total. The fourth-order valence-corrected chi connectivity index (χ4v) is 2.28. The van der Waals surface area contributed by atoms with Crippen LogP contribution in [-0.4, -0.2) is 0 Å². The van der Waals surface area contributed by atoms with Crippen molar-refractivity contribution in [1.82, 2.24) is 5.43 Å². The highest BCUT2D eigenvalue weighted by atomic mass is 79.9. The Morgan fingerprint density at radius 3 is 2.56 bits per heavy atom. The molecule has 0 aliphatic rings. The van der Waals surface area contributed by atoms with E-state index in [2.05, 4.69) is 64.7 Å². The zero-order valence-corrected chi connectivity index (χ0v) is 10.8. The van der Waals surface area contributed by atoms with Crippen LogP contribution in [0.4, 0.5) is 0 Å². The first kappa shape index (κ1) is 11.6. The number of hydrogen-bond acceptors (Lipinski definition) is 2. The first-order valence-corrected chi connectivity index (χ1v) is 6.19. The second-order valence-electron chi connectivity index (χ2n) is 3.88. The summed E-state index contributed by atoms with van der Waals surface area (Å²) in [5.41, 5.74) is 4.07. The first-order chi connectivity index (χ1) is 7.74. The van der Waals surface area contributed by atoms with E-state index in [0.29, 0.717) is 0 Å². The molecule has 1 unspecified atom stereocenters. The number of nitrogens with one attached hydrogen (secondary N) is 1.